The van der Waals surface area contributed by atoms with Crippen LogP contribution in [0.1, 0.15) is 16.7 Å². The van der Waals surface area contributed by atoms with Crippen molar-refractivity contribution in [3.63, 3.8) is 0 Å². The van der Waals surface area contributed by atoms with Crippen molar-refractivity contribution < 1.29 is 9.47 Å². The fourth-order valence-corrected chi connectivity index (χ4v) is 3.04. The van der Waals surface area contributed by atoms with Crippen LogP contribution in [0.25, 0.3) is 0 Å². The Morgan fingerprint density at radius 2 is 2.27 bits per heavy atom. The van der Waals surface area contributed by atoms with E-state index >= 15 is 0 Å². The van der Waals surface area contributed by atoms with E-state index in [9.17, 15) is 0 Å². The smallest absolute Gasteiger partial charge is 0.123 e. The molecule has 3 rings (SSSR count). The lowest BCUT2D eigenvalue weighted by Gasteiger charge is -2.31. The highest BCUT2D eigenvalue weighted by atomic mass is 32.1. The highest BCUT2D eigenvalue weighted by Gasteiger charge is 2.23. The highest BCUT2D eigenvalue weighted by molar-refractivity contribution is 7.09. The molecule has 1 saturated heterocycles. The Morgan fingerprint density at radius 3 is 3.00 bits per heavy atom. The van der Waals surface area contributed by atoms with E-state index in [0.717, 1.165) is 37.0 Å². The molecule has 5 nitrogen and oxygen atoms in total. The third kappa shape index (κ3) is 3.83. The monoisotopic (exact) mass is 315 g/mol. The third-order valence-corrected chi connectivity index (χ3v) is 4.40. The number of hydrogen-bond acceptors (Lipinski definition) is 6. The predicted molar refractivity (Wildman–Crippen MR) is 83.9 cm³/mol. The lowest BCUT2D eigenvalue weighted by molar-refractivity contribution is -0.0329. The molecule has 0 saturated carbocycles. The maximum absolute atomic E-state index is 8.76. The molecule has 22 heavy (non-hydrogen) atoms. The van der Waals surface area contributed by atoms with Crippen LogP contribution in [0.2, 0.25) is 0 Å². The minimum Gasteiger partial charge on any atom is -0.492 e. The summed E-state index contributed by atoms with van der Waals surface area (Å²) in [5.41, 5.74) is 0.645. The van der Waals surface area contributed by atoms with Crippen LogP contribution in [0.15, 0.2) is 35.8 Å². The van der Waals surface area contributed by atoms with Gasteiger partial charge in [0, 0.05) is 31.2 Å². The molecule has 0 radical (unpaired) electrons. The van der Waals surface area contributed by atoms with Crippen LogP contribution in [0.3, 0.4) is 0 Å². The van der Waals surface area contributed by atoms with E-state index in [1.54, 1.807) is 23.5 Å². The summed E-state index contributed by atoms with van der Waals surface area (Å²) < 4.78 is 11.5. The molecule has 0 N–H and O–H groups in total. The van der Waals surface area contributed by atoms with Crippen LogP contribution in [-0.4, -0.2) is 42.7 Å². The summed E-state index contributed by atoms with van der Waals surface area (Å²) in [5.74, 6) is 0.795. The molecule has 0 aliphatic carbocycles. The topological polar surface area (TPSA) is 58.4 Å². The normalized spacial score (nSPS) is 18.8. The standard InChI is InChI=1S/C16H17N3O2S/c17-11-13-1-3-14(4-2-13)20-8-6-19-7-9-21-15(12-19)16-18-5-10-22-16/h1-5,10,15H,6-9,12H2. The minimum atomic E-state index is 0.0728. The molecule has 1 aliphatic rings. The van der Waals surface area contributed by atoms with E-state index in [4.69, 9.17) is 14.7 Å². The van der Waals surface area contributed by atoms with Crippen molar-refractivity contribution in [1.29, 1.82) is 5.26 Å². The number of morpholine rings is 1. The van der Waals surface area contributed by atoms with Gasteiger partial charge in [-0.25, -0.2) is 4.98 Å². The van der Waals surface area contributed by atoms with Crippen LogP contribution >= 0.6 is 11.3 Å². The van der Waals surface area contributed by atoms with E-state index < -0.39 is 0 Å². The Labute approximate surface area is 133 Å². The van der Waals surface area contributed by atoms with Crippen molar-refractivity contribution in [2.24, 2.45) is 0 Å². The number of hydrogen-bond donors (Lipinski definition) is 0. The Bertz CT molecular complexity index is 622. The molecule has 1 aromatic carbocycles. The molecule has 2 aromatic rings. The van der Waals surface area contributed by atoms with Crippen LogP contribution in [0.5, 0.6) is 5.75 Å². The van der Waals surface area contributed by atoms with E-state index in [0.29, 0.717) is 12.2 Å². The number of rotatable bonds is 5. The van der Waals surface area contributed by atoms with Gasteiger partial charge in [0.1, 0.15) is 23.5 Å². The van der Waals surface area contributed by atoms with Gasteiger partial charge < -0.3 is 9.47 Å². The largest absolute Gasteiger partial charge is 0.492 e. The second-order valence-corrected chi connectivity index (χ2v) is 5.94. The SMILES string of the molecule is N#Cc1ccc(OCCN2CCOC(c3nccs3)C2)cc1. The fraction of sp³-hybridized carbons (Fsp3) is 0.375. The van der Waals surface area contributed by atoms with Crippen molar-refractivity contribution in [2.75, 3.05) is 32.8 Å². The number of aromatic nitrogens is 1. The summed E-state index contributed by atoms with van der Waals surface area (Å²) in [7, 11) is 0. The molecule has 114 valence electrons. The van der Waals surface area contributed by atoms with Gasteiger partial charge in [0.25, 0.3) is 0 Å². The number of nitriles is 1. The van der Waals surface area contributed by atoms with Gasteiger partial charge >= 0.3 is 0 Å². The molecule has 0 amide bonds. The summed E-state index contributed by atoms with van der Waals surface area (Å²) in [6.07, 6.45) is 1.89. The zero-order valence-electron chi connectivity index (χ0n) is 12.1. The van der Waals surface area contributed by atoms with Gasteiger partial charge in [-0.3, -0.25) is 4.90 Å². The van der Waals surface area contributed by atoms with Crippen LogP contribution in [0.4, 0.5) is 0 Å². The first kappa shape index (κ1) is 15.0. The number of thiazole rings is 1. The zero-order valence-corrected chi connectivity index (χ0v) is 13.0. The second-order valence-electron chi connectivity index (χ2n) is 5.02. The van der Waals surface area contributed by atoms with Gasteiger partial charge in [-0.1, -0.05) is 0 Å². The molecule has 1 unspecified atom stereocenters. The van der Waals surface area contributed by atoms with Crippen molar-refractivity contribution >= 4 is 11.3 Å². The van der Waals surface area contributed by atoms with E-state index in [1.807, 2.05) is 23.7 Å². The van der Waals surface area contributed by atoms with Gasteiger partial charge in [-0.05, 0) is 24.3 Å². The Kier molecular flexibility index (Phi) is 5.01. The molecule has 1 atom stereocenters. The molecule has 6 heteroatoms. The zero-order chi connectivity index (χ0) is 15.2. The van der Waals surface area contributed by atoms with Gasteiger partial charge in [-0.2, -0.15) is 5.26 Å². The average molecular weight is 315 g/mol. The van der Waals surface area contributed by atoms with Gasteiger partial charge in [0.15, 0.2) is 0 Å². The summed E-state index contributed by atoms with van der Waals surface area (Å²) in [6, 6.07) is 9.29. The van der Waals surface area contributed by atoms with Crippen molar-refractivity contribution in [3.05, 3.63) is 46.4 Å². The maximum atomic E-state index is 8.76. The average Bonchev–Trinajstić information content (AvgIpc) is 3.10. The lowest BCUT2D eigenvalue weighted by atomic mass is 10.2. The number of ether oxygens (including phenoxy) is 2. The summed E-state index contributed by atoms with van der Waals surface area (Å²) in [5, 5.41) is 11.8. The van der Waals surface area contributed by atoms with Crippen LogP contribution in [-0.2, 0) is 4.74 Å². The van der Waals surface area contributed by atoms with Gasteiger partial charge in [0.2, 0.25) is 0 Å². The third-order valence-electron chi connectivity index (χ3n) is 3.54. The predicted octanol–water partition coefficient (Wildman–Crippen LogP) is 2.47. The van der Waals surface area contributed by atoms with E-state index in [1.165, 1.54) is 0 Å². The highest BCUT2D eigenvalue weighted by Crippen LogP contribution is 2.23. The van der Waals surface area contributed by atoms with Crippen LogP contribution < -0.4 is 4.74 Å². The minimum absolute atomic E-state index is 0.0728. The van der Waals surface area contributed by atoms with Crippen molar-refractivity contribution in [2.45, 2.75) is 6.10 Å². The Balaban J connectivity index is 1.46. The quantitative estimate of drug-likeness (QED) is 0.848. The van der Waals surface area contributed by atoms with Gasteiger partial charge in [-0.15, -0.1) is 11.3 Å². The van der Waals surface area contributed by atoms with Crippen LogP contribution in [0, 0.1) is 11.3 Å². The first-order valence-corrected chi connectivity index (χ1v) is 8.09. The van der Waals surface area contributed by atoms with Crippen molar-refractivity contribution in [1.82, 2.24) is 9.88 Å². The molecular weight excluding hydrogens is 298 g/mol. The molecule has 1 aliphatic heterocycles. The Morgan fingerprint density at radius 1 is 1.41 bits per heavy atom. The number of nitrogens with zero attached hydrogens (tertiary/aromatic N) is 3. The maximum Gasteiger partial charge on any atom is 0.123 e. The second kappa shape index (κ2) is 7.36. The summed E-state index contributed by atoms with van der Waals surface area (Å²) in [4.78, 5) is 6.66. The van der Waals surface area contributed by atoms with E-state index in [2.05, 4.69) is 16.0 Å². The molecule has 0 spiro atoms. The molecular formula is C16H17N3O2S. The van der Waals surface area contributed by atoms with Gasteiger partial charge in [0.05, 0.1) is 18.2 Å². The number of benzene rings is 1. The molecule has 2 heterocycles. The van der Waals surface area contributed by atoms with Crippen molar-refractivity contribution in [3.8, 4) is 11.8 Å². The molecule has 1 fully saturated rings. The molecule has 0 bridgehead atoms. The lowest BCUT2D eigenvalue weighted by Crippen LogP contribution is -2.40. The van der Waals surface area contributed by atoms with E-state index in [-0.39, 0.29) is 6.10 Å². The first-order chi connectivity index (χ1) is 10.8. The first-order valence-electron chi connectivity index (χ1n) is 7.21. The summed E-state index contributed by atoms with van der Waals surface area (Å²) in [6.45, 7) is 3.96. The fourth-order valence-electron chi connectivity index (χ4n) is 2.37. The molecule has 1 aromatic heterocycles. The Hall–Kier alpha value is -1.94. The summed E-state index contributed by atoms with van der Waals surface area (Å²) >= 11 is 1.64.